The van der Waals surface area contributed by atoms with Gasteiger partial charge in [-0.15, -0.1) is 0 Å². The van der Waals surface area contributed by atoms with E-state index < -0.39 is 35.7 Å². The zero-order chi connectivity index (χ0) is 15.8. The van der Waals surface area contributed by atoms with Gasteiger partial charge in [-0.1, -0.05) is 11.6 Å². The summed E-state index contributed by atoms with van der Waals surface area (Å²) in [6, 6.07) is 4.21. The standard InChI is InChI=1S/C11H7ClF6O2/c12-7-3-1-6(2-4-7)8(19)5-9(20,10(13,14)15)11(16,17)18/h1-4,20H,5H2. The minimum atomic E-state index is -6.02. The number of rotatable bonds is 3. The maximum absolute atomic E-state index is 12.4. The number of carbonyl (C=O) groups excluding carboxylic acids is 1. The smallest absolute Gasteiger partial charge is 0.373 e. The summed E-state index contributed by atoms with van der Waals surface area (Å²) in [5.74, 6) is -1.50. The first-order valence-corrected chi connectivity index (χ1v) is 5.41. The lowest BCUT2D eigenvalue weighted by Crippen LogP contribution is -2.57. The first-order valence-electron chi connectivity index (χ1n) is 5.03. The monoisotopic (exact) mass is 320 g/mol. The summed E-state index contributed by atoms with van der Waals surface area (Å²) in [6.45, 7) is 0. The number of aliphatic hydroxyl groups is 1. The van der Waals surface area contributed by atoms with E-state index in [1.807, 2.05) is 0 Å². The third kappa shape index (κ3) is 3.24. The molecule has 1 aromatic carbocycles. The van der Waals surface area contributed by atoms with Gasteiger partial charge in [0.2, 0.25) is 0 Å². The van der Waals surface area contributed by atoms with E-state index >= 15 is 0 Å². The van der Waals surface area contributed by atoms with Crippen LogP contribution in [0.25, 0.3) is 0 Å². The molecule has 0 radical (unpaired) electrons. The molecule has 0 saturated carbocycles. The van der Waals surface area contributed by atoms with Crippen molar-refractivity contribution in [1.29, 1.82) is 0 Å². The van der Waals surface area contributed by atoms with Gasteiger partial charge in [-0.05, 0) is 24.3 Å². The summed E-state index contributed by atoms with van der Waals surface area (Å²) in [4.78, 5) is 11.5. The minimum Gasteiger partial charge on any atom is -0.373 e. The van der Waals surface area contributed by atoms with E-state index in [1.54, 1.807) is 0 Å². The molecule has 0 bridgehead atoms. The van der Waals surface area contributed by atoms with Crippen molar-refractivity contribution in [2.24, 2.45) is 0 Å². The fraction of sp³-hybridized carbons (Fsp3) is 0.364. The van der Waals surface area contributed by atoms with Crippen LogP contribution >= 0.6 is 11.6 Å². The van der Waals surface area contributed by atoms with Gasteiger partial charge in [0.05, 0.1) is 6.42 Å². The molecule has 0 saturated heterocycles. The summed E-state index contributed by atoms with van der Waals surface area (Å²) < 4.78 is 74.4. The lowest BCUT2D eigenvalue weighted by molar-refractivity contribution is -0.365. The molecule has 0 heterocycles. The van der Waals surface area contributed by atoms with Crippen LogP contribution in [-0.4, -0.2) is 28.8 Å². The molecule has 1 aromatic rings. The highest BCUT2D eigenvalue weighted by molar-refractivity contribution is 6.30. The Balaban J connectivity index is 3.09. The first kappa shape index (κ1) is 16.8. The third-order valence-electron chi connectivity index (χ3n) is 2.52. The molecular weight excluding hydrogens is 314 g/mol. The maximum Gasteiger partial charge on any atom is 0.426 e. The molecule has 0 aliphatic carbocycles. The van der Waals surface area contributed by atoms with Crippen molar-refractivity contribution in [3.8, 4) is 0 Å². The Labute approximate surface area is 114 Å². The van der Waals surface area contributed by atoms with E-state index in [-0.39, 0.29) is 5.02 Å². The molecule has 0 amide bonds. The van der Waals surface area contributed by atoms with Crippen molar-refractivity contribution >= 4 is 17.4 Å². The second-order valence-electron chi connectivity index (χ2n) is 3.96. The van der Waals surface area contributed by atoms with Crippen LogP contribution in [0.1, 0.15) is 16.8 Å². The third-order valence-corrected chi connectivity index (χ3v) is 2.77. The Morgan fingerprint density at radius 2 is 1.40 bits per heavy atom. The van der Waals surface area contributed by atoms with Crippen molar-refractivity contribution in [3.05, 3.63) is 34.9 Å². The van der Waals surface area contributed by atoms with Crippen molar-refractivity contribution in [3.63, 3.8) is 0 Å². The SMILES string of the molecule is O=C(CC(O)(C(F)(F)F)C(F)(F)F)c1ccc(Cl)cc1. The summed E-state index contributed by atoms with van der Waals surface area (Å²) in [5.41, 5.74) is -5.50. The number of benzene rings is 1. The minimum absolute atomic E-state index is 0.156. The van der Waals surface area contributed by atoms with Crippen LogP contribution in [0, 0.1) is 0 Å². The van der Waals surface area contributed by atoms with Crippen molar-refractivity contribution in [2.45, 2.75) is 24.4 Å². The van der Waals surface area contributed by atoms with E-state index in [4.69, 9.17) is 16.7 Å². The lowest BCUT2D eigenvalue weighted by atomic mass is 9.92. The second kappa shape index (κ2) is 5.25. The Kier molecular flexibility index (Phi) is 4.40. The zero-order valence-corrected chi connectivity index (χ0v) is 10.3. The Hall–Kier alpha value is -1.28. The van der Waals surface area contributed by atoms with Gasteiger partial charge in [0.25, 0.3) is 5.60 Å². The van der Waals surface area contributed by atoms with E-state index in [0.717, 1.165) is 24.3 Å². The number of alkyl halides is 6. The normalized spacial score (nSPS) is 13.4. The largest absolute Gasteiger partial charge is 0.426 e. The van der Waals surface area contributed by atoms with Crippen molar-refractivity contribution in [2.75, 3.05) is 0 Å². The fourth-order valence-electron chi connectivity index (χ4n) is 1.33. The van der Waals surface area contributed by atoms with Gasteiger partial charge >= 0.3 is 12.4 Å². The van der Waals surface area contributed by atoms with Gasteiger partial charge in [-0.25, -0.2) is 0 Å². The lowest BCUT2D eigenvalue weighted by Gasteiger charge is -2.31. The molecule has 0 aromatic heterocycles. The molecule has 1 rings (SSSR count). The van der Waals surface area contributed by atoms with E-state index in [0.29, 0.717) is 0 Å². The Morgan fingerprint density at radius 3 is 1.75 bits per heavy atom. The number of Topliss-reactive ketones (excluding diaryl/α,β-unsaturated/α-hetero) is 1. The maximum atomic E-state index is 12.4. The van der Waals surface area contributed by atoms with Crippen LogP contribution in [0.3, 0.4) is 0 Å². The molecule has 20 heavy (non-hydrogen) atoms. The molecule has 112 valence electrons. The van der Waals surface area contributed by atoms with Crippen LogP contribution in [0.4, 0.5) is 26.3 Å². The highest BCUT2D eigenvalue weighted by Gasteiger charge is 2.70. The van der Waals surface area contributed by atoms with Gasteiger partial charge in [-0.2, -0.15) is 26.3 Å². The molecule has 2 nitrogen and oxygen atoms in total. The van der Waals surface area contributed by atoms with E-state index in [1.165, 1.54) is 0 Å². The summed E-state index contributed by atoms with van der Waals surface area (Å²) in [5, 5.41) is 9.03. The van der Waals surface area contributed by atoms with Crippen LogP contribution in [0.2, 0.25) is 5.02 Å². The van der Waals surface area contributed by atoms with E-state index in [9.17, 15) is 31.1 Å². The molecule has 0 aliphatic heterocycles. The summed E-state index contributed by atoms with van der Waals surface area (Å²) in [6.07, 6.45) is -14.2. The number of carbonyl (C=O) groups is 1. The molecule has 1 N–H and O–H groups in total. The number of hydrogen-bond acceptors (Lipinski definition) is 2. The summed E-state index contributed by atoms with van der Waals surface area (Å²) in [7, 11) is 0. The molecular formula is C11H7ClF6O2. The quantitative estimate of drug-likeness (QED) is 0.680. The van der Waals surface area contributed by atoms with Crippen molar-refractivity contribution in [1.82, 2.24) is 0 Å². The Morgan fingerprint density at radius 1 is 1.00 bits per heavy atom. The molecule has 0 unspecified atom stereocenters. The molecule has 9 heteroatoms. The predicted molar refractivity (Wildman–Crippen MR) is 57.5 cm³/mol. The average Bonchev–Trinajstić information content (AvgIpc) is 2.26. The Bertz CT molecular complexity index is 477. The molecule has 0 fully saturated rings. The fourth-order valence-corrected chi connectivity index (χ4v) is 1.46. The highest BCUT2D eigenvalue weighted by Crippen LogP contribution is 2.45. The first-order chi connectivity index (χ1) is 8.88. The zero-order valence-electron chi connectivity index (χ0n) is 9.52. The van der Waals surface area contributed by atoms with Gasteiger partial charge in [0, 0.05) is 10.6 Å². The second-order valence-corrected chi connectivity index (χ2v) is 4.40. The molecule has 0 atom stereocenters. The van der Waals surface area contributed by atoms with Crippen LogP contribution in [-0.2, 0) is 0 Å². The van der Waals surface area contributed by atoms with Gasteiger partial charge in [0.1, 0.15) is 0 Å². The van der Waals surface area contributed by atoms with Crippen LogP contribution in [0.5, 0.6) is 0 Å². The highest BCUT2D eigenvalue weighted by atomic mass is 35.5. The summed E-state index contributed by atoms with van der Waals surface area (Å²) >= 11 is 5.47. The van der Waals surface area contributed by atoms with E-state index in [2.05, 4.69) is 0 Å². The average molecular weight is 321 g/mol. The topological polar surface area (TPSA) is 37.3 Å². The number of halogens is 7. The van der Waals surface area contributed by atoms with Gasteiger partial charge < -0.3 is 5.11 Å². The van der Waals surface area contributed by atoms with Gasteiger partial charge in [0.15, 0.2) is 5.78 Å². The molecule has 0 aliphatic rings. The van der Waals surface area contributed by atoms with Crippen LogP contribution in [0.15, 0.2) is 24.3 Å². The van der Waals surface area contributed by atoms with Gasteiger partial charge in [-0.3, -0.25) is 4.79 Å². The molecule has 0 spiro atoms. The number of hydrogen-bond donors (Lipinski definition) is 1. The van der Waals surface area contributed by atoms with Crippen molar-refractivity contribution < 1.29 is 36.2 Å². The predicted octanol–water partition coefficient (Wildman–Crippen LogP) is 3.77. The number of ketones is 1. The van der Waals surface area contributed by atoms with Crippen LogP contribution < -0.4 is 0 Å².